The van der Waals surface area contributed by atoms with Crippen molar-refractivity contribution in [3.05, 3.63) is 0 Å². The largest absolute Gasteiger partial charge is 0.357 e. The molecular weight excluding hydrogens is 304 g/mol. The van der Waals surface area contributed by atoms with Crippen molar-refractivity contribution in [2.24, 2.45) is 0 Å². The number of ether oxygens (including phenoxy) is 3. The van der Waals surface area contributed by atoms with Gasteiger partial charge in [-0.05, 0) is 41.5 Å². The monoisotopic (exact) mass is 332 g/mol. The van der Waals surface area contributed by atoms with Crippen LogP contribution < -0.4 is 0 Å². The average molecular weight is 332 g/mol. The summed E-state index contributed by atoms with van der Waals surface area (Å²) in [6, 6.07) is 0. The maximum absolute atomic E-state index is 13.5. The maximum Gasteiger partial charge on any atom is 0.357 e. The third kappa shape index (κ3) is 6.38. The molecule has 0 amide bonds. The molecule has 0 aromatic carbocycles. The Bertz CT molecular complexity index is 366. The van der Waals surface area contributed by atoms with Crippen LogP contribution in [0.4, 0.5) is 17.6 Å². The Morgan fingerprint density at radius 1 is 0.591 bits per heavy atom. The van der Waals surface area contributed by atoms with Gasteiger partial charge in [-0.1, -0.05) is 13.8 Å². The van der Waals surface area contributed by atoms with Crippen LogP contribution in [0.2, 0.25) is 0 Å². The van der Waals surface area contributed by atoms with E-state index in [2.05, 4.69) is 4.74 Å². The van der Waals surface area contributed by atoms with Gasteiger partial charge in [0.05, 0.1) is 11.2 Å². The van der Waals surface area contributed by atoms with Crippen LogP contribution >= 0.6 is 0 Å². The lowest BCUT2D eigenvalue weighted by Crippen LogP contribution is -2.56. The van der Waals surface area contributed by atoms with Crippen LogP contribution in [0.25, 0.3) is 0 Å². The van der Waals surface area contributed by atoms with Crippen LogP contribution in [-0.2, 0) is 14.2 Å². The van der Waals surface area contributed by atoms with Crippen molar-refractivity contribution in [2.45, 2.75) is 97.4 Å². The molecule has 22 heavy (non-hydrogen) atoms. The van der Waals surface area contributed by atoms with Crippen molar-refractivity contribution in [3.8, 4) is 0 Å². The fraction of sp³-hybridized carbons (Fsp3) is 1.00. The molecule has 0 fully saturated rings. The van der Waals surface area contributed by atoms with Gasteiger partial charge in [-0.3, -0.25) is 4.74 Å². The van der Waals surface area contributed by atoms with E-state index in [4.69, 9.17) is 9.47 Å². The third-order valence-corrected chi connectivity index (χ3v) is 3.57. The Morgan fingerprint density at radius 3 is 1.27 bits per heavy atom. The molecule has 134 valence electrons. The van der Waals surface area contributed by atoms with E-state index in [0.717, 1.165) is 0 Å². The summed E-state index contributed by atoms with van der Waals surface area (Å²) in [5, 5.41) is 0. The third-order valence-electron chi connectivity index (χ3n) is 3.57. The van der Waals surface area contributed by atoms with Gasteiger partial charge >= 0.3 is 12.2 Å². The van der Waals surface area contributed by atoms with E-state index < -0.39 is 42.0 Å². The van der Waals surface area contributed by atoms with Crippen LogP contribution in [0, 0.1) is 0 Å². The van der Waals surface area contributed by atoms with E-state index in [0.29, 0.717) is 0 Å². The van der Waals surface area contributed by atoms with E-state index in [9.17, 15) is 17.6 Å². The summed E-state index contributed by atoms with van der Waals surface area (Å²) in [6.07, 6.45) is -7.71. The lowest BCUT2D eigenvalue weighted by atomic mass is 9.88. The lowest BCUT2D eigenvalue weighted by Gasteiger charge is -2.46. The molecule has 0 aliphatic heterocycles. The van der Waals surface area contributed by atoms with Gasteiger partial charge in [0.1, 0.15) is 0 Å². The SMILES string of the molecule is CCC(F)(F)OC(C)(C)OC(C)(C)C(C)(C)OC(F)(F)CC. The van der Waals surface area contributed by atoms with Gasteiger partial charge in [0.15, 0.2) is 5.79 Å². The van der Waals surface area contributed by atoms with Crippen LogP contribution in [0.3, 0.4) is 0 Å². The number of halogens is 4. The Morgan fingerprint density at radius 2 is 0.909 bits per heavy atom. The molecule has 0 aliphatic carbocycles. The zero-order valence-corrected chi connectivity index (χ0v) is 14.7. The fourth-order valence-corrected chi connectivity index (χ4v) is 1.76. The minimum absolute atomic E-state index is 0.500. The quantitative estimate of drug-likeness (QED) is 0.421. The van der Waals surface area contributed by atoms with Gasteiger partial charge in [-0.2, -0.15) is 17.6 Å². The predicted octanol–water partition coefficient (Wildman–Crippen LogP) is 5.34. The summed E-state index contributed by atoms with van der Waals surface area (Å²) < 4.78 is 68.9. The van der Waals surface area contributed by atoms with Crippen LogP contribution in [0.5, 0.6) is 0 Å². The second-order valence-electron chi connectivity index (χ2n) is 6.71. The first-order valence-corrected chi connectivity index (χ1v) is 7.35. The summed E-state index contributed by atoms with van der Waals surface area (Å²) in [6.45, 7) is 11.0. The van der Waals surface area contributed by atoms with Gasteiger partial charge in [-0.15, -0.1) is 0 Å². The van der Waals surface area contributed by atoms with Gasteiger partial charge in [0.2, 0.25) is 0 Å². The van der Waals surface area contributed by atoms with Crippen LogP contribution in [-0.4, -0.2) is 29.2 Å². The average Bonchev–Trinajstić information content (AvgIpc) is 2.24. The first kappa shape index (κ1) is 21.6. The summed E-state index contributed by atoms with van der Waals surface area (Å²) in [5.41, 5.74) is -2.74. The number of alkyl halides is 4. The summed E-state index contributed by atoms with van der Waals surface area (Å²) >= 11 is 0. The van der Waals surface area contributed by atoms with Gasteiger partial charge in [0.25, 0.3) is 0 Å². The van der Waals surface area contributed by atoms with Gasteiger partial charge in [-0.25, -0.2) is 0 Å². The minimum atomic E-state index is -3.36. The van der Waals surface area contributed by atoms with E-state index in [1.165, 1.54) is 55.4 Å². The Labute approximate surface area is 130 Å². The molecule has 7 heteroatoms. The Hall–Kier alpha value is -0.400. The highest BCUT2D eigenvalue weighted by Crippen LogP contribution is 2.39. The second kappa shape index (κ2) is 6.61. The molecule has 0 aromatic rings. The summed E-state index contributed by atoms with van der Waals surface area (Å²) in [7, 11) is 0. The number of hydrogen-bond donors (Lipinski definition) is 0. The van der Waals surface area contributed by atoms with Gasteiger partial charge in [0, 0.05) is 12.8 Å². The van der Waals surface area contributed by atoms with Crippen molar-refractivity contribution in [1.29, 1.82) is 0 Å². The molecule has 0 aromatic heterocycles. The molecule has 0 radical (unpaired) electrons. The Kier molecular flexibility index (Phi) is 6.49. The number of rotatable bonds is 9. The second-order valence-corrected chi connectivity index (χ2v) is 6.71. The minimum Gasteiger partial charge on any atom is -0.341 e. The summed E-state index contributed by atoms with van der Waals surface area (Å²) in [5.74, 6) is -1.68. The standard InChI is InChI=1S/C15H28F4O3/c1-9-14(16,17)21-12(5,6)11(3,4)20-13(7,8)22-15(18,19)10-2/h9-10H2,1-8H3. The molecule has 0 unspecified atom stereocenters. The molecule has 3 nitrogen and oxygen atoms in total. The fourth-order valence-electron chi connectivity index (χ4n) is 1.76. The summed E-state index contributed by atoms with van der Waals surface area (Å²) in [4.78, 5) is 0. The van der Waals surface area contributed by atoms with Gasteiger partial charge < -0.3 is 9.47 Å². The van der Waals surface area contributed by atoms with E-state index in [1.54, 1.807) is 0 Å². The van der Waals surface area contributed by atoms with Crippen molar-refractivity contribution >= 4 is 0 Å². The maximum atomic E-state index is 13.5. The molecule has 0 saturated heterocycles. The van der Waals surface area contributed by atoms with E-state index in [1.807, 2.05) is 0 Å². The first-order valence-electron chi connectivity index (χ1n) is 7.35. The molecule has 0 bridgehead atoms. The molecule has 0 rings (SSSR count). The highest BCUT2D eigenvalue weighted by atomic mass is 19.3. The van der Waals surface area contributed by atoms with E-state index in [-0.39, 0.29) is 0 Å². The molecule has 0 spiro atoms. The Balaban J connectivity index is 5.14. The molecule has 0 saturated carbocycles. The first-order chi connectivity index (χ1) is 9.49. The van der Waals surface area contributed by atoms with Crippen molar-refractivity contribution in [2.75, 3.05) is 0 Å². The predicted molar refractivity (Wildman–Crippen MR) is 76.0 cm³/mol. The zero-order valence-electron chi connectivity index (χ0n) is 14.7. The van der Waals surface area contributed by atoms with Crippen LogP contribution in [0.1, 0.15) is 68.2 Å². The highest BCUT2D eigenvalue weighted by Gasteiger charge is 2.50. The topological polar surface area (TPSA) is 27.7 Å². The molecule has 0 aliphatic rings. The smallest absolute Gasteiger partial charge is 0.341 e. The highest BCUT2D eigenvalue weighted by molar-refractivity contribution is 4.92. The van der Waals surface area contributed by atoms with Crippen LogP contribution in [0.15, 0.2) is 0 Å². The zero-order chi connectivity index (χ0) is 18.0. The van der Waals surface area contributed by atoms with Crippen molar-refractivity contribution in [3.63, 3.8) is 0 Å². The molecular formula is C15H28F4O3. The van der Waals surface area contributed by atoms with Crippen molar-refractivity contribution < 1.29 is 31.8 Å². The lowest BCUT2D eigenvalue weighted by molar-refractivity contribution is -0.401. The molecule has 0 heterocycles. The van der Waals surface area contributed by atoms with Crippen molar-refractivity contribution in [1.82, 2.24) is 0 Å². The molecule has 0 N–H and O–H groups in total. The number of hydrogen-bond acceptors (Lipinski definition) is 3. The van der Waals surface area contributed by atoms with E-state index >= 15 is 0 Å². The molecule has 0 atom stereocenters. The normalized spacial score (nSPS) is 15.3.